The molecule has 1 atom stereocenters. The third kappa shape index (κ3) is 8.26. The zero-order chi connectivity index (χ0) is 23.9. The fourth-order valence-corrected chi connectivity index (χ4v) is 3.85. The number of carbonyl (C=O) groups excluding carboxylic acids is 1. The van der Waals surface area contributed by atoms with Crippen molar-refractivity contribution in [3.8, 4) is 5.75 Å². The van der Waals surface area contributed by atoms with Crippen LogP contribution in [0.5, 0.6) is 5.75 Å². The van der Waals surface area contributed by atoms with Crippen molar-refractivity contribution in [3.63, 3.8) is 0 Å². The number of carbonyl (C=O) groups is 1. The lowest BCUT2D eigenvalue weighted by molar-refractivity contribution is 0.0268. The molecule has 1 fully saturated rings. The van der Waals surface area contributed by atoms with Crippen LogP contribution >= 0.6 is 11.6 Å². The largest absolute Gasteiger partial charge is 0.497 e. The van der Waals surface area contributed by atoms with E-state index in [1.807, 2.05) is 0 Å². The van der Waals surface area contributed by atoms with E-state index >= 15 is 0 Å². The number of methoxy groups -OCH3 is 1. The number of ether oxygens (including phenoxy) is 1. The van der Waals surface area contributed by atoms with Crippen molar-refractivity contribution < 1.29 is 23.4 Å². The standard InChI is InChI=1S/C16H23F2NO2.C7H7ClN2O/c1-16(2,20)10-19-6-4-5-11(9-19)15-13(17)7-12(21-3)8-14(15)18;8-5-1-3-6(4-2-5)10-7(9)11/h7-8,11,20H,4-6,9-10H2,1-3H3;1-4H,(H3,9,10,11). The summed E-state index contributed by atoms with van der Waals surface area (Å²) in [5, 5.41) is 12.9. The molecule has 1 heterocycles. The first-order chi connectivity index (χ1) is 15.0. The van der Waals surface area contributed by atoms with Crippen molar-refractivity contribution >= 4 is 23.3 Å². The van der Waals surface area contributed by atoms with Crippen LogP contribution in [-0.4, -0.2) is 48.4 Å². The summed E-state index contributed by atoms with van der Waals surface area (Å²) in [5.74, 6) is -1.10. The number of benzene rings is 2. The molecular weight excluding hydrogens is 440 g/mol. The second-order valence-corrected chi connectivity index (χ2v) is 8.82. The van der Waals surface area contributed by atoms with E-state index in [1.165, 1.54) is 19.2 Å². The van der Waals surface area contributed by atoms with E-state index in [0.717, 1.165) is 19.4 Å². The van der Waals surface area contributed by atoms with E-state index in [-0.39, 0.29) is 17.2 Å². The molecule has 2 aromatic rings. The number of aliphatic hydroxyl groups is 1. The lowest BCUT2D eigenvalue weighted by Gasteiger charge is -2.36. The minimum Gasteiger partial charge on any atom is -0.497 e. The molecule has 0 bridgehead atoms. The number of nitrogens with zero attached hydrogens (tertiary/aromatic N) is 1. The van der Waals surface area contributed by atoms with Crippen LogP contribution in [0.4, 0.5) is 19.3 Å². The van der Waals surface area contributed by atoms with Crippen molar-refractivity contribution in [3.05, 3.63) is 58.6 Å². The molecule has 1 saturated heterocycles. The Balaban J connectivity index is 0.000000278. The fraction of sp³-hybridized carbons (Fsp3) is 0.435. The molecule has 176 valence electrons. The Bertz CT molecular complexity index is 881. The average molecular weight is 470 g/mol. The van der Waals surface area contributed by atoms with Gasteiger partial charge in [0.2, 0.25) is 0 Å². The summed E-state index contributed by atoms with van der Waals surface area (Å²) in [5.41, 5.74) is 4.85. The molecular formula is C23H30ClF2N3O3. The normalized spacial score (nSPS) is 16.7. The number of urea groups is 1. The van der Waals surface area contributed by atoms with Gasteiger partial charge in [-0.3, -0.25) is 4.90 Å². The van der Waals surface area contributed by atoms with Crippen molar-refractivity contribution in [1.82, 2.24) is 4.90 Å². The molecule has 1 aliphatic rings. The highest BCUT2D eigenvalue weighted by Crippen LogP contribution is 2.33. The third-order valence-corrected chi connectivity index (χ3v) is 5.18. The molecule has 0 aliphatic carbocycles. The molecule has 3 rings (SSSR count). The lowest BCUT2D eigenvalue weighted by atomic mass is 9.89. The number of nitrogens with two attached hydrogens (primary N) is 1. The molecule has 2 aromatic carbocycles. The summed E-state index contributed by atoms with van der Waals surface area (Å²) in [7, 11) is 1.39. The van der Waals surface area contributed by atoms with Gasteiger partial charge in [0.1, 0.15) is 17.4 Å². The number of primary amides is 1. The van der Waals surface area contributed by atoms with Crippen LogP contribution in [0.15, 0.2) is 36.4 Å². The van der Waals surface area contributed by atoms with Crippen molar-refractivity contribution in [2.75, 3.05) is 32.1 Å². The Labute approximate surface area is 192 Å². The number of anilines is 1. The average Bonchev–Trinajstić information content (AvgIpc) is 2.68. The Morgan fingerprint density at radius 1 is 1.28 bits per heavy atom. The Morgan fingerprint density at radius 3 is 2.38 bits per heavy atom. The van der Waals surface area contributed by atoms with Gasteiger partial charge < -0.3 is 20.9 Å². The highest BCUT2D eigenvalue weighted by atomic mass is 35.5. The van der Waals surface area contributed by atoms with Gasteiger partial charge in [-0.2, -0.15) is 0 Å². The second kappa shape index (κ2) is 11.4. The summed E-state index contributed by atoms with van der Waals surface area (Å²) in [6, 6.07) is 8.58. The smallest absolute Gasteiger partial charge is 0.316 e. The Morgan fingerprint density at radius 2 is 1.88 bits per heavy atom. The van der Waals surface area contributed by atoms with Gasteiger partial charge in [-0.1, -0.05) is 11.6 Å². The van der Waals surface area contributed by atoms with Gasteiger partial charge in [-0.15, -0.1) is 0 Å². The van der Waals surface area contributed by atoms with Crippen LogP contribution in [0, 0.1) is 11.6 Å². The quantitative estimate of drug-likeness (QED) is 0.589. The van der Waals surface area contributed by atoms with Gasteiger partial charge in [-0.25, -0.2) is 13.6 Å². The molecule has 0 saturated carbocycles. The predicted molar refractivity (Wildman–Crippen MR) is 122 cm³/mol. The van der Waals surface area contributed by atoms with Gasteiger partial charge in [0.15, 0.2) is 0 Å². The zero-order valence-corrected chi connectivity index (χ0v) is 19.3. The van der Waals surface area contributed by atoms with Crippen LogP contribution in [0.25, 0.3) is 0 Å². The molecule has 1 aliphatic heterocycles. The van der Waals surface area contributed by atoms with E-state index in [0.29, 0.717) is 23.8 Å². The van der Waals surface area contributed by atoms with Gasteiger partial charge in [0, 0.05) is 47.4 Å². The molecule has 9 heteroatoms. The van der Waals surface area contributed by atoms with Gasteiger partial charge in [0.05, 0.1) is 12.7 Å². The molecule has 1 unspecified atom stereocenters. The lowest BCUT2D eigenvalue weighted by Crippen LogP contribution is -2.43. The Kier molecular flexibility index (Phi) is 9.24. The number of hydrogen-bond acceptors (Lipinski definition) is 4. The van der Waals surface area contributed by atoms with Crippen LogP contribution in [-0.2, 0) is 0 Å². The number of amides is 2. The molecule has 32 heavy (non-hydrogen) atoms. The Hall–Kier alpha value is -2.42. The highest BCUT2D eigenvalue weighted by Gasteiger charge is 2.29. The van der Waals surface area contributed by atoms with Crippen LogP contribution in [0.1, 0.15) is 38.2 Å². The maximum atomic E-state index is 14.2. The fourth-order valence-electron chi connectivity index (χ4n) is 3.73. The second-order valence-electron chi connectivity index (χ2n) is 8.39. The summed E-state index contributed by atoms with van der Waals surface area (Å²) in [6.07, 6.45) is 1.62. The van der Waals surface area contributed by atoms with Crippen LogP contribution in [0.3, 0.4) is 0 Å². The number of β-amino-alcohol motifs (C(OH)–C–C–N with tert-alkyl or cyclic N) is 1. The zero-order valence-electron chi connectivity index (χ0n) is 18.5. The maximum absolute atomic E-state index is 14.2. The third-order valence-electron chi connectivity index (χ3n) is 4.92. The number of halogens is 3. The first kappa shape index (κ1) is 25.8. The number of hydrogen-bond donors (Lipinski definition) is 3. The summed E-state index contributed by atoms with van der Waals surface area (Å²) in [6.45, 7) is 5.39. The monoisotopic (exact) mass is 469 g/mol. The van der Waals surface area contributed by atoms with Crippen molar-refractivity contribution in [2.24, 2.45) is 5.73 Å². The summed E-state index contributed by atoms with van der Waals surface area (Å²) < 4.78 is 33.2. The highest BCUT2D eigenvalue weighted by molar-refractivity contribution is 6.30. The first-order valence-electron chi connectivity index (χ1n) is 10.3. The molecule has 0 spiro atoms. The number of rotatable bonds is 5. The van der Waals surface area contributed by atoms with E-state index in [1.54, 1.807) is 38.1 Å². The molecule has 0 radical (unpaired) electrons. The van der Waals surface area contributed by atoms with Gasteiger partial charge >= 0.3 is 6.03 Å². The summed E-state index contributed by atoms with van der Waals surface area (Å²) in [4.78, 5) is 12.4. The SMILES string of the molecule is COc1cc(F)c(C2CCCN(CC(C)(C)O)C2)c(F)c1.NC(=O)Nc1ccc(Cl)cc1. The van der Waals surface area contributed by atoms with Crippen LogP contribution < -0.4 is 15.8 Å². The number of nitrogens with one attached hydrogen (secondary N) is 1. The number of piperidine rings is 1. The van der Waals surface area contributed by atoms with Gasteiger partial charge in [0.25, 0.3) is 0 Å². The van der Waals surface area contributed by atoms with E-state index in [9.17, 15) is 18.7 Å². The first-order valence-corrected chi connectivity index (χ1v) is 10.7. The van der Waals surface area contributed by atoms with E-state index in [4.69, 9.17) is 22.1 Å². The molecule has 2 amide bonds. The van der Waals surface area contributed by atoms with Gasteiger partial charge in [-0.05, 0) is 57.5 Å². The van der Waals surface area contributed by atoms with E-state index in [2.05, 4.69) is 10.2 Å². The molecule has 0 aromatic heterocycles. The topological polar surface area (TPSA) is 87.8 Å². The maximum Gasteiger partial charge on any atom is 0.316 e. The summed E-state index contributed by atoms with van der Waals surface area (Å²) >= 11 is 5.60. The minimum atomic E-state index is -0.807. The van der Waals surface area contributed by atoms with Crippen molar-refractivity contribution in [1.29, 1.82) is 0 Å². The molecule has 6 nitrogen and oxygen atoms in total. The number of likely N-dealkylation sites (tertiary alicyclic amines) is 1. The predicted octanol–water partition coefficient (Wildman–Crippen LogP) is 4.75. The van der Waals surface area contributed by atoms with Crippen LogP contribution in [0.2, 0.25) is 5.02 Å². The molecule has 4 N–H and O–H groups in total. The minimum absolute atomic E-state index is 0.135. The van der Waals surface area contributed by atoms with E-state index < -0.39 is 23.3 Å². The van der Waals surface area contributed by atoms with Crippen molar-refractivity contribution in [2.45, 2.75) is 38.2 Å².